The van der Waals surface area contributed by atoms with Crippen molar-refractivity contribution in [2.45, 2.75) is 25.8 Å². The predicted octanol–water partition coefficient (Wildman–Crippen LogP) is 4.49. The van der Waals surface area contributed by atoms with Gasteiger partial charge in [0.05, 0.1) is 11.6 Å². The molecule has 0 radical (unpaired) electrons. The van der Waals surface area contributed by atoms with E-state index in [-0.39, 0.29) is 17.8 Å². The fourth-order valence-corrected chi connectivity index (χ4v) is 3.87. The van der Waals surface area contributed by atoms with Gasteiger partial charge in [-0.25, -0.2) is 0 Å². The monoisotopic (exact) mass is 398 g/mol. The van der Waals surface area contributed by atoms with E-state index < -0.39 is 17.7 Å². The number of carbonyl (C=O) groups is 2. The van der Waals surface area contributed by atoms with Crippen molar-refractivity contribution in [1.29, 1.82) is 0 Å². The molecule has 5 heteroatoms. The summed E-state index contributed by atoms with van der Waals surface area (Å²) in [6, 6.07) is 20.0. The molecule has 4 rings (SSSR count). The fraction of sp³-hybridized carbons (Fsp3) is 0.160. The Balaban J connectivity index is 1.73. The Labute approximate surface area is 175 Å². The first-order valence-corrected chi connectivity index (χ1v) is 9.87. The van der Waals surface area contributed by atoms with Crippen LogP contribution < -0.4 is 4.90 Å². The van der Waals surface area contributed by atoms with Crippen LogP contribution in [-0.4, -0.2) is 21.8 Å². The van der Waals surface area contributed by atoms with Gasteiger partial charge in [0.1, 0.15) is 0 Å². The quantitative estimate of drug-likeness (QED) is 0.664. The van der Waals surface area contributed by atoms with Crippen molar-refractivity contribution >= 4 is 17.4 Å². The Kier molecular flexibility index (Phi) is 5.44. The third kappa shape index (κ3) is 3.62. The zero-order chi connectivity index (χ0) is 21.1. The highest BCUT2D eigenvalue weighted by Crippen LogP contribution is 2.42. The smallest absolute Gasteiger partial charge is 0.294 e. The number of para-hydroxylation sites is 1. The lowest BCUT2D eigenvalue weighted by Crippen LogP contribution is -2.31. The van der Waals surface area contributed by atoms with E-state index >= 15 is 0 Å². The summed E-state index contributed by atoms with van der Waals surface area (Å²) in [6.07, 6.45) is 3.99. The molecule has 0 saturated carbocycles. The Morgan fingerprint density at radius 1 is 1.00 bits per heavy atom. The van der Waals surface area contributed by atoms with Gasteiger partial charge in [0.25, 0.3) is 5.91 Å². The van der Waals surface area contributed by atoms with Crippen molar-refractivity contribution in [3.05, 3.63) is 107 Å². The Morgan fingerprint density at radius 2 is 1.67 bits per heavy atom. The summed E-state index contributed by atoms with van der Waals surface area (Å²) in [7, 11) is 0. The Hall–Kier alpha value is -3.73. The average molecular weight is 398 g/mol. The summed E-state index contributed by atoms with van der Waals surface area (Å²) >= 11 is 0. The number of aryl methyl sites for hydroxylation is 2. The molecule has 2 heterocycles. The van der Waals surface area contributed by atoms with Gasteiger partial charge in [0, 0.05) is 24.5 Å². The number of aliphatic hydroxyl groups excluding tert-OH is 1. The van der Waals surface area contributed by atoms with E-state index in [9.17, 15) is 14.7 Å². The second kappa shape index (κ2) is 8.33. The van der Waals surface area contributed by atoms with Gasteiger partial charge in [-0.15, -0.1) is 0 Å². The topological polar surface area (TPSA) is 70.5 Å². The fourth-order valence-electron chi connectivity index (χ4n) is 3.87. The number of nitrogens with zero attached hydrogens (tertiary/aromatic N) is 2. The van der Waals surface area contributed by atoms with Crippen LogP contribution in [0.2, 0.25) is 0 Å². The molecule has 150 valence electrons. The number of benzene rings is 2. The molecule has 1 aromatic heterocycles. The third-order valence-electron chi connectivity index (χ3n) is 5.39. The predicted molar refractivity (Wildman–Crippen MR) is 115 cm³/mol. The van der Waals surface area contributed by atoms with Crippen LogP contribution >= 0.6 is 0 Å². The van der Waals surface area contributed by atoms with Crippen LogP contribution in [0, 0.1) is 6.92 Å². The van der Waals surface area contributed by atoms with Gasteiger partial charge in [-0.1, -0.05) is 48.5 Å². The molecule has 5 nitrogen and oxygen atoms in total. The zero-order valence-corrected chi connectivity index (χ0v) is 16.7. The van der Waals surface area contributed by atoms with E-state index in [1.54, 1.807) is 24.5 Å². The molecular weight excluding hydrogens is 376 g/mol. The highest BCUT2D eigenvalue weighted by molar-refractivity contribution is 6.16. The van der Waals surface area contributed by atoms with E-state index in [2.05, 4.69) is 4.98 Å². The molecule has 1 unspecified atom stereocenters. The molecule has 0 spiro atoms. The van der Waals surface area contributed by atoms with Crippen LogP contribution in [-0.2, 0) is 16.0 Å². The molecule has 1 amide bonds. The summed E-state index contributed by atoms with van der Waals surface area (Å²) in [5, 5.41) is 10.7. The minimum atomic E-state index is -0.690. The first kappa shape index (κ1) is 19.6. The number of pyridine rings is 1. The molecule has 1 N–H and O–H groups in total. The highest BCUT2D eigenvalue weighted by Gasteiger charge is 2.44. The maximum absolute atomic E-state index is 13.2. The molecule has 0 fully saturated rings. The Morgan fingerprint density at radius 3 is 2.37 bits per heavy atom. The molecule has 1 atom stereocenters. The van der Waals surface area contributed by atoms with Gasteiger partial charge in [-0.05, 0) is 48.2 Å². The van der Waals surface area contributed by atoms with Crippen molar-refractivity contribution < 1.29 is 14.7 Å². The van der Waals surface area contributed by atoms with Crippen molar-refractivity contribution in [2.24, 2.45) is 0 Å². The second-order valence-corrected chi connectivity index (χ2v) is 7.32. The largest absolute Gasteiger partial charge is 0.503 e. The van der Waals surface area contributed by atoms with Crippen molar-refractivity contribution in [2.75, 3.05) is 4.90 Å². The van der Waals surface area contributed by atoms with Crippen LogP contribution in [0.25, 0.3) is 0 Å². The van der Waals surface area contributed by atoms with Gasteiger partial charge in [-0.2, -0.15) is 0 Å². The van der Waals surface area contributed by atoms with E-state index in [4.69, 9.17) is 0 Å². The van der Waals surface area contributed by atoms with Gasteiger partial charge in [0.2, 0.25) is 0 Å². The minimum absolute atomic E-state index is 0.144. The van der Waals surface area contributed by atoms with Crippen LogP contribution in [0.15, 0.2) is 90.5 Å². The number of anilines is 1. The maximum Gasteiger partial charge on any atom is 0.294 e. The lowest BCUT2D eigenvalue weighted by molar-refractivity contribution is -0.118. The molecule has 0 bridgehead atoms. The average Bonchev–Trinajstić information content (AvgIpc) is 3.04. The molecule has 0 aliphatic carbocycles. The number of hydrogen-bond donors (Lipinski definition) is 1. The number of hydrogen-bond acceptors (Lipinski definition) is 4. The van der Waals surface area contributed by atoms with E-state index in [0.717, 1.165) is 16.7 Å². The highest BCUT2D eigenvalue weighted by atomic mass is 16.3. The zero-order valence-electron chi connectivity index (χ0n) is 16.7. The van der Waals surface area contributed by atoms with Gasteiger partial charge in [-0.3, -0.25) is 19.5 Å². The van der Waals surface area contributed by atoms with E-state index in [0.29, 0.717) is 12.1 Å². The number of amides is 1. The van der Waals surface area contributed by atoms with Crippen LogP contribution in [0.3, 0.4) is 0 Å². The molecule has 2 aromatic carbocycles. The number of aliphatic hydroxyl groups is 1. The summed E-state index contributed by atoms with van der Waals surface area (Å²) in [6.45, 7) is 1.90. The number of ketones is 1. The molecule has 1 aliphatic heterocycles. The normalized spacial score (nSPS) is 16.2. The van der Waals surface area contributed by atoms with E-state index in [1.807, 2.05) is 61.5 Å². The summed E-state index contributed by atoms with van der Waals surface area (Å²) in [5.74, 6) is -1.27. The lowest BCUT2D eigenvalue weighted by Gasteiger charge is -2.28. The molecular formula is C25H22N2O3. The number of rotatable bonds is 6. The maximum atomic E-state index is 13.2. The first-order valence-electron chi connectivity index (χ1n) is 9.87. The summed E-state index contributed by atoms with van der Waals surface area (Å²) in [4.78, 5) is 31.8. The van der Waals surface area contributed by atoms with Gasteiger partial charge in [0.15, 0.2) is 11.5 Å². The van der Waals surface area contributed by atoms with Crippen molar-refractivity contribution in [3.63, 3.8) is 0 Å². The van der Waals surface area contributed by atoms with Crippen LogP contribution in [0.4, 0.5) is 5.69 Å². The number of carbonyl (C=O) groups excluding carboxylic acids is 2. The van der Waals surface area contributed by atoms with Gasteiger partial charge < -0.3 is 5.11 Å². The van der Waals surface area contributed by atoms with E-state index in [1.165, 1.54) is 4.90 Å². The SMILES string of the molecule is Cc1ccccc1N1C(=O)C(O)=C(C(=O)CCc2ccccc2)C1c1ccncc1. The second-order valence-electron chi connectivity index (χ2n) is 7.32. The summed E-state index contributed by atoms with van der Waals surface area (Å²) < 4.78 is 0. The molecule has 1 aliphatic rings. The molecule has 3 aromatic rings. The molecule has 30 heavy (non-hydrogen) atoms. The van der Waals surface area contributed by atoms with Crippen LogP contribution in [0.5, 0.6) is 0 Å². The Bertz CT molecular complexity index is 1110. The first-order chi connectivity index (χ1) is 14.6. The van der Waals surface area contributed by atoms with Crippen LogP contribution in [0.1, 0.15) is 29.2 Å². The lowest BCUT2D eigenvalue weighted by atomic mass is 9.93. The summed E-state index contributed by atoms with van der Waals surface area (Å²) in [5.41, 5.74) is 3.46. The minimum Gasteiger partial charge on any atom is -0.503 e. The molecule has 0 saturated heterocycles. The van der Waals surface area contributed by atoms with Crippen molar-refractivity contribution in [3.8, 4) is 0 Å². The standard InChI is InChI=1S/C25H22N2O3/c1-17-7-5-6-10-20(17)27-23(19-13-15-26-16-14-19)22(24(29)25(27)30)21(28)12-11-18-8-3-2-4-9-18/h2-10,13-16,23,29H,11-12H2,1H3. The number of Topliss-reactive ketones (excluding diaryl/α,β-unsaturated/α-hetero) is 1. The number of aromatic nitrogens is 1. The van der Waals surface area contributed by atoms with Gasteiger partial charge >= 0.3 is 0 Å². The van der Waals surface area contributed by atoms with Crippen molar-refractivity contribution in [1.82, 2.24) is 4.98 Å². The third-order valence-corrected chi connectivity index (χ3v) is 5.39.